The van der Waals surface area contributed by atoms with Crippen LogP contribution in [0.15, 0.2) is 22.7 Å². The van der Waals surface area contributed by atoms with Gasteiger partial charge in [0.05, 0.1) is 22.8 Å². The van der Waals surface area contributed by atoms with Gasteiger partial charge in [0, 0.05) is 24.7 Å². The van der Waals surface area contributed by atoms with Crippen LogP contribution in [0.5, 0.6) is 0 Å². The van der Waals surface area contributed by atoms with E-state index in [0.29, 0.717) is 30.0 Å². The monoisotopic (exact) mass is 341 g/mol. The molecule has 0 aliphatic carbocycles. The molecule has 0 aromatic carbocycles. The molecule has 0 unspecified atom stereocenters. The molecule has 0 bridgehead atoms. The van der Waals surface area contributed by atoms with Gasteiger partial charge in [0.15, 0.2) is 5.65 Å². The first kappa shape index (κ1) is 17.2. The maximum absolute atomic E-state index is 12.6. The number of carbonyl (C=O) groups is 1. The number of pyridine rings is 1. The SMILES string of the molecule is Cc1cc(-c2cc(C(=O)NCCN)c3cnn(C(C)C)c3n2)c(C)o1. The third-order valence-corrected chi connectivity index (χ3v) is 4.05. The average molecular weight is 341 g/mol. The summed E-state index contributed by atoms with van der Waals surface area (Å²) in [5.41, 5.74) is 8.30. The summed E-state index contributed by atoms with van der Waals surface area (Å²) in [4.78, 5) is 17.4. The minimum atomic E-state index is -0.180. The van der Waals surface area contributed by atoms with Gasteiger partial charge in [-0.2, -0.15) is 5.10 Å². The largest absolute Gasteiger partial charge is 0.466 e. The van der Waals surface area contributed by atoms with E-state index in [-0.39, 0.29) is 11.9 Å². The number of carbonyl (C=O) groups excluding carboxylic acids is 1. The van der Waals surface area contributed by atoms with Crippen molar-refractivity contribution >= 4 is 16.9 Å². The van der Waals surface area contributed by atoms with Crippen molar-refractivity contribution in [2.24, 2.45) is 5.73 Å². The minimum Gasteiger partial charge on any atom is -0.466 e. The van der Waals surface area contributed by atoms with Crippen LogP contribution in [0.2, 0.25) is 0 Å². The lowest BCUT2D eigenvalue weighted by Crippen LogP contribution is -2.29. The molecule has 3 N–H and O–H groups in total. The highest BCUT2D eigenvalue weighted by atomic mass is 16.3. The van der Waals surface area contributed by atoms with Crippen molar-refractivity contribution in [3.05, 3.63) is 35.4 Å². The van der Waals surface area contributed by atoms with Gasteiger partial charge in [0.1, 0.15) is 11.5 Å². The standard InChI is InChI=1S/C18H23N5O2/c1-10(2)23-17-15(9-21-23)14(18(24)20-6-5-19)8-16(22-17)13-7-11(3)25-12(13)4/h7-10H,5-6,19H2,1-4H3,(H,20,24). The fourth-order valence-corrected chi connectivity index (χ4v) is 2.89. The number of nitrogens with two attached hydrogens (primary N) is 1. The summed E-state index contributed by atoms with van der Waals surface area (Å²) in [5, 5.41) is 7.96. The quantitative estimate of drug-likeness (QED) is 0.743. The topological polar surface area (TPSA) is 99.0 Å². The number of rotatable bonds is 5. The lowest BCUT2D eigenvalue weighted by molar-refractivity contribution is 0.0956. The second-order valence-electron chi connectivity index (χ2n) is 6.35. The van der Waals surface area contributed by atoms with E-state index < -0.39 is 0 Å². The van der Waals surface area contributed by atoms with Gasteiger partial charge in [-0.3, -0.25) is 4.79 Å². The molecule has 0 saturated heterocycles. The summed E-state index contributed by atoms with van der Waals surface area (Å²) in [5.74, 6) is 1.40. The zero-order valence-corrected chi connectivity index (χ0v) is 15.0. The van der Waals surface area contributed by atoms with Gasteiger partial charge in [-0.15, -0.1) is 0 Å². The van der Waals surface area contributed by atoms with E-state index in [0.717, 1.165) is 22.5 Å². The molecule has 0 radical (unpaired) electrons. The van der Waals surface area contributed by atoms with Gasteiger partial charge >= 0.3 is 0 Å². The average Bonchev–Trinajstić information content (AvgIpc) is 3.14. The number of nitrogens with zero attached hydrogens (tertiary/aromatic N) is 3. The van der Waals surface area contributed by atoms with E-state index >= 15 is 0 Å². The third-order valence-electron chi connectivity index (χ3n) is 4.05. The van der Waals surface area contributed by atoms with Gasteiger partial charge in [0.2, 0.25) is 0 Å². The lowest BCUT2D eigenvalue weighted by Gasteiger charge is -2.10. The molecule has 0 saturated carbocycles. The molecule has 25 heavy (non-hydrogen) atoms. The summed E-state index contributed by atoms with van der Waals surface area (Å²) in [6, 6.07) is 3.85. The Bertz CT molecular complexity index is 923. The van der Waals surface area contributed by atoms with Crippen molar-refractivity contribution in [1.29, 1.82) is 0 Å². The van der Waals surface area contributed by atoms with E-state index in [4.69, 9.17) is 15.1 Å². The van der Waals surface area contributed by atoms with Crippen molar-refractivity contribution in [2.75, 3.05) is 13.1 Å². The van der Waals surface area contributed by atoms with Gasteiger partial charge in [-0.25, -0.2) is 9.67 Å². The molecule has 3 heterocycles. The van der Waals surface area contributed by atoms with Gasteiger partial charge in [-0.1, -0.05) is 0 Å². The number of furan rings is 1. The Hall–Kier alpha value is -2.67. The van der Waals surface area contributed by atoms with Crippen molar-refractivity contribution < 1.29 is 9.21 Å². The number of nitrogens with one attached hydrogen (secondary N) is 1. The first-order valence-corrected chi connectivity index (χ1v) is 8.36. The van der Waals surface area contributed by atoms with Crippen molar-refractivity contribution in [3.63, 3.8) is 0 Å². The smallest absolute Gasteiger partial charge is 0.252 e. The predicted octanol–water partition coefficient (Wildman–Crippen LogP) is 2.58. The fourth-order valence-electron chi connectivity index (χ4n) is 2.89. The zero-order chi connectivity index (χ0) is 18.1. The maximum atomic E-state index is 12.6. The zero-order valence-electron chi connectivity index (χ0n) is 15.0. The van der Waals surface area contributed by atoms with Crippen LogP contribution in [0.3, 0.4) is 0 Å². The summed E-state index contributed by atoms with van der Waals surface area (Å²) in [6.45, 7) is 8.65. The molecule has 7 heteroatoms. The summed E-state index contributed by atoms with van der Waals surface area (Å²) in [7, 11) is 0. The van der Waals surface area contributed by atoms with Crippen molar-refractivity contribution in [2.45, 2.75) is 33.7 Å². The Kier molecular flexibility index (Phi) is 4.59. The van der Waals surface area contributed by atoms with Crippen LogP contribution in [0.1, 0.15) is 41.8 Å². The minimum absolute atomic E-state index is 0.132. The van der Waals surface area contributed by atoms with E-state index in [1.807, 2.05) is 38.4 Å². The Morgan fingerprint density at radius 3 is 2.72 bits per heavy atom. The summed E-state index contributed by atoms with van der Waals surface area (Å²) < 4.78 is 7.45. The van der Waals surface area contributed by atoms with Crippen LogP contribution in [-0.4, -0.2) is 33.8 Å². The Labute approximate surface area is 146 Å². The van der Waals surface area contributed by atoms with Crippen molar-refractivity contribution in [1.82, 2.24) is 20.1 Å². The van der Waals surface area contributed by atoms with Crippen LogP contribution in [0.4, 0.5) is 0 Å². The molecule has 0 atom stereocenters. The van der Waals surface area contributed by atoms with E-state index in [1.165, 1.54) is 0 Å². The predicted molar refractivity (Wildman–Crippen MR) is 96.5 cm³/mol. The molecule has 132 valence electrons. The molecular formula is C18H23N5O2. The van der Waals surface area contributed by atoms with Crippen LogP contribution in [-0.2, 0) is 0 Å². The normalized spacial score (nSPS) is 11.4. The number of hydrogen-bond acceptors (Lipinski definition) is 5. The second-order valence-corrected chi connectivity index (χ2v) is 6.35. The molecule has 3 rings (SSSR count). The fraction of sp³-hybridized carbons (Fsp3) is 0.389. The maximum Gasteiger partial charge on any atom is 0.252 e. The number of aryl methyl sites for hydroxylation is 2. The number of hydrogen-bond donors (Lipinski definition) is 2. The summed E-state index contributed by atoms with van der Waals surface area (Å²) in [6.07, 6.45) is 1.69. The Balaban J connectivity index is 2.22. The van der Waals surface area contributed by atoms with Crippen LogP contribution >= 0.6 is 0 Å². The lowest BCUT2D eigenvalue weighted by atomic mass is 10.1. The van der Waals surface area contributed by atoms with Crippen LogP contribution < -0.4 is 11.1 Å². The van der Waals surface area contributed by atoms with Gasteiger partial charge in [-0.05, 0) is 39.8 Å². The molecular weight excluding hydrogens is 318 g/mol. The molecule has 1 amide bonds. The molecule has 3 aromatic heterocycles. The van der Waals surface area contributed by atoms with Gasteiger partial charge < -0.3 is 15.5 Å². The molecule has 3 aromatic rings. The molecule has 7 nitrogen and oxygen atoms in total. The Morgan fingerprint density at radius 1 is 1.36 bits per heavy atom. The van der Waals surface area contributed by atoms with E-state index in [9.17, 15) is 4.79 Å². The van der Waals surface area contributed by atoms with Crippen molar-refractivity contribution in [3.8, 4) is 11.3 Å². The molecule has 0 spiro atoms. The highest BCUT2D eigenvalue weighted by Crippen LogP contribution is 2.29. The first-order valence-electron chi connectivity index (χ1n) is 8.36. The van der Waals surface area contributed by atoms with E-state index in [2.05, 4.69) is 10.4 Å². The highest BCUT2D eigenvalue weighted by Gasteiger charge is 2.20. The number of fused-ring (bicyclic) bond motifs is 1. The second kappa shape index (κ2) is 6.68. The molecule has 0 aliphatic rings. The third kappa shape index (κ3) is 3.15. The van der Waals surface area contributed by atoms with E-state index in [1.54, 1.807) is 12.3 Å². The number of aromatic nitrogens is 3. The highest BCUT2D eigenvalue weighted by molar-refractivity contribution is 6.06. The van der Waals surface area contributed by atoms with Crippen LogP contribution in [0, 0.1) is 13.8 Å². The number of amides is 1. The van der Waals surface area contributed by atoms with Crippen LogP contribution in [0.25, 0.3) is 22.3 Å². The summed E-state index contributed by atoms with van der Waals surface area (Å²) >= 11 is 0. The first-order chi connectivity index (χ1) is 11.9. The Morgan fingerprint density at radius 2 is 2.12 bits per heavy atom. The molecule has 0 fully saturated rings. The van der Waals surface area contributed by atoms with Gasteiger partial charge in [0.25, 0.3) is 5.91 Å². The molecule has 0 aliphatic heterocycles.